The highest BCUT2D eigenvalue weighted by Gasteiger charge is 2.61. The molecule has 0 aromatic carbocycles. The first-order chi connectivity index (χ1) is 26.2. The number of hydrogen-bond acceptors (Lipinski definition) is 14. The topological polar surface area (TPSA) is 250 Å². The van der Waals surface area contributed by atoms with E-state index in [1.54, 1.807) is 34.6 Å². The molecule has 310 valence electrons. The van der Waals surface area contributed by atoms with Gasteiger partial charge in [0.05, 0.1) is 11.4 Å². The van der Waals surface area contributed by atoms with Gasteiger partial charge in [-0.25, -0.2) is 19.4 Å². The summed E-state index contributed by atoms with van der Waals surface area (Å²) in [6.45, 7) is 14.2. The Labute approximate surface area is 328 Å². The number of alkyl carbamates (subject to hydrolysis) is 2. The van der Waals surface area contributed by atoms with Crippen LogP contribution in [-0.2, 0) is 52.8 Å². The number of aromatic nitrogens is 1. The summed E-state index contributed by atoms with van der Waals surface area (Å²) in [5, 5.41) is 23.4. The molecule has 2 amide bonds. The minimum absolute atomic E-state index is 0.0929. The van der Waals surface area contributed by atoms with E-state index in [1.807, 2.05) is 19.6 Å². The van der Waals surface area contributed by atoms with Crippen molar-refractivity contribution < 1.29 is 56.8 Å². The largest absolute Gasteiger partial charge is 0.463 e. The van der Waals surface area contributed by atoms with E-state index < -0.39 is 93.3 Å². The molecule has 0 spiro atoms. The Hall–Kier alpha value is -4.80. The Kier molecular flexibility index (Phi) is 16.2. The van der Waals surface area contributed by atoms with Crippen LogP contribution in [0.3, 0.4) is 0 Å². The molecule has 1 aliphatic heterocycles. The molecule has 1 unspecified atom stereocenters. The van der Waals surface area contributed by atoms with Crippen LogP contribution in [0.4, 0.5) is 9.59 Å². The van der Waals surface area contributed by atoms with Crippen LogP contribution < -0.4 is 10.6 Å². The van der Waals surface area contributed by atoms with Crippen LogP contribution in [0.15, 0.2) is 17.1 Å². The first kappa shape index (κ1) is 45.6. The number of carbonyl (C=O) groups excluding carboxylic acids is 5. The van der Waals surface area contributed by atoms with E-state index in [2.05, 4.69) is 31.4 Å². The quantitative estimate of drug-likeness (QED) is 0.0459. The van der Waals surface area contributed by atoms with Crippen LogP contribution in [0.2, 0.25) is 19.6 Å². The van der Waals surface area contributed by atoms with Crippen LogP contribution in [-0.4, -0.2) is 98.9 Å². The molecule has 5 atom stereocenters. The SMILES string of the molecule is CC(=O)OCOC(=O)NC(=NC=N)c1ccc([C@]2(C#N)O[C@H](COC(=O)CC3CCCCC3)[C@@H](OC(=O)[C@@H](NC(=O)OC(C)(C)C)C(C)C)C2O[Si](C)(C)C)[nH]1. The highest BCUT2D eigenvalue weighted by Crippen LogP contribution is 2.44. The molecule has 0 bridgehead atoms. The Morgan fingerprint density at radius 1 is 1.09 bits per heavy atom. The lowest BCUT2D eigenvalue weighted by Gasteiger charge is -2.34. The van der Waals surface area contributed by atoms with Crippen molar-refractivity contribution in [2.75, 3.05) is 13.4 Å². The van der Waals surface area contributed by atoms with E-state index in [0.717, 1.165) is 39.0 Å². The number of nitrogens with zero attached hydrogens (tertiary/aromatic N) is 2. The molecule has 2 fully saturated rings. The molecule has 1 aliphatic carbocycles. The fourth-order valence-electron chi connectivity index (χ4n) is 6.25. The van der Waals surface area contributed by atoms with Crippen LogP contribution in [0.25, 0.3) is 0 Å². The predicted octanol–water partition coefficient (Wildman–Crippen LogP) is 4.93. The fourth-order valence-corrected chi connectivity index (χ4v) is 7.31. The van der Waals surface area contributed by atoms with E-state index in [0.29, 0.717) is 6.34 Å². The molecule has 2 aliphatic rings. The molecule has 18 nitrogen and oxygen atoms in total. The molecule has 4 N–H and O–H groups in total. The van der Waals surface area contributed by atoms with Crippen molar-refractivity contribution in [3.05, 3.63) is 23.5 Å². The Morgan fingerprint density at radius 3 is 2.34 bits per heavy atom. The number of hydrogen-bond donors (Lipinski definition) is 4. The standard InChI is InChI=1S/C37H56N6O12Si/c1-22(2)29(42-35(48)54-36(4,5)6)33(46)52-30-26(18-49-28(45)17-24-13-11-10-12-14-24)53-37(19-38,31(30)55-56(7,8)9)27-16-15-25(41-27)32(40-20-39)43-34(47)51-21-50-23(3)44/h15-16,20,22,24,26,29-31,41H,10-14,17-18,21H2,1-9H3,(H,42,48)(H2,39,40,43,47)/t26-,29+,30-,31?,37+/m1/s1. The normalized spacial score (nSPS) is 22.3. The van der Waals surface area contributed by atoms with Crippen LogP contribution >= 0.6 is 0 Å². The lowest BCUT2D eigenvalue weighted by atomic mass is 9.87. The Balaban J connectivity index is 2.04. The number of aromatic amines is 1. The predicted molar refractivity (Wildman–Crippen MR) is 203 cm³/mol. The molecule has 1 aromatic rings. The van der Waals surface area contributed by atoms with Gasteiger partial charge in [0.15, 0.2) is 20.3 Å². The zero-order valence-corrected chi connectivity index (χ0v) is 34.6. The third kappa shape index (κ3) is 13.4. The number of nitrogens with one attached hydrogen (secondary N) is 4. The maximum atomic E-state index is 14.0. The van der Waals surface area contributed by atoms with Gasteiger partial charge in [-0.15, -0.1) is 0 Å². The van der Waals surface area contributed by atoms with Crippen molar-refractivity contribution in [3.63, 3.8) is 0 Å². The summed E-state index contributed by atoms with van der Waals surface area (Å²) in [4.78, 5) is 70.3. The lowest BCUT2D eigenvalue weighted by molar-refractivity contribution is -0.163. The zero-order chi connectivity index (χ0) is 41.8. The summed E-state index contributed by atoms with van der Waals surface area (Å²) in [5.74, 6) is -2.48. The molecular weight excluding hydrogens is 749 g/mol. The summed E-state index contributed by atoms with van der Waals surface area (Å²) in [6, 6.07) is 3.94. The van der Waals surface area contributed by atoms with E-state index in [1.165, 1.54) is 12.1 Å². The van der Waals surface area contributed by atoms with Crippen molar-refractivity contribution >= 4 is 50.6 Å². The van der Waals surface area contributed by atoms with Gasteiger partial charge in [-0.2, -0.15) is 5.26 Å². The Morgan fingerprint density at radius 2 is 1.77 bits per heavy atom. The van der Waals surface area contributed by atoms with Crippen molar-refractivity contribution in [3.8, 4) is 6.07 Å². The molecule has 1 aromatic heterocycles. The summed E-state index contributed by atoms with van der Waals surface area (Å²) in [6.07, 6.45) is 0.115. The highest BCUT2D eigenvalue weighted by molar-refractivity contribution is 6.69. The van der Waals surface area contributed by atoms with E-state index in [-0.39, 0.29) is 29.6 Å². The summed E-state index contributed by atoms with van der Waals surface area (Å²) in [5.41, 5.74) is -2.67. The third-order valence-electron chi connectivity index (χ3n) is 8.69. The molecule has 56 heavy (non-hydrogen) atoms. The van der Waals surface area contributed by atoms with Crippen molar-refractivity contribution in [1.82, 2.24) is 15.6 Å². The third-order valence-corrected chi connectivity index (χ3v) is 9.65. The first-order valence-corrected chi connectivity index (χ1v) is 22.0. The van der Waals surface area contributed by atoms with Crippen LogP contribution in [0, 0.1) is 28.6 Å². The molecule has 1 saturated carbocycles. The second kappa shape index (κ2) is 19.9. The van der Waals surface area contributed by atoms with Gasteiger partial charge < -0.3 is 43.1 Å². The zero-order valence-electron chi connectivity index (χ0n) is 33.6. The van der Waals surface area contributed by atoms with Crippen molar-refractivity contribution in [2.24, 2.45) is 16.8 Å². The van der Waals surface area contributed by atoms with E-state index in [9.17, 15) is 29.2 Å². The van der Waals surface area contributed by atoms with Crippen LogP contribution in [0.1, 0.15) is 91.5 Å². The van der Waals surface area contributed by atoms with Gasteiger partial charge in [0, 0.05) is 13.3 Å². The molecule has 1 saturated heterocycles. The summed E-state index contributed by atoms with van der Waals surface area (Å²) >= 11 is 0. The number of amidine groups is 1. The number of nitriles is 1. The van der Waals surface area contributed by atoms with Gasteiger partial charge in [0.2, 0.25) is 12.4 Å². The first-order valence-electron chi connectivity index (χ1n) is 18.6. The van der Waals surface area contributed by atoms with Gasteiger partial charge in [-0.05, 0) is 77.2 Å². The number of aliphatic imine (C=N–C) groups is 1. The summed E-state index contributed by atoms with van der Waals surface area (Å²) in [7, 11) is -2.63. The number of H-pyrrole nitrogens is 1. The second-order valence-corrected chi connectivity index (χ2v) is 20.5. The van der Waals surface area contributed by atoms with Crippen molar-refractivity contribution in [2.45, 2.75) is 135 Å². The van der Waals surface area contributed by atoms with E-state index in [4.69, 9.17) is 33.5 Å². The number of carbonyl (C=O) groups is 5. The molecule has 19 heteroatoms. The van der Waals surface area contributed by atoms with Gasteiger partial charge >= 0.3 is 30.1 Å². The minimum Gasteiger partial charge on any atom is -0.463 e. The maximum absolute atomic E-state index is 14.0. The number of ether oxygens (including phenoxy) is 6. The Bertz CT molecular complexity index is 1640. The van der Waals surface area contributed by atoms with E-state index >= 15 is 0 Å². The molecule has 3 rings (SSSR count). The number of esters is 3. The number of amides is 2. The summed E-state index contributed by atoms with van der Waals surface area (Å²) < 4.78 is 39.8. The number of rotatable bonds is 15. The average molecular weight is 805 g/mol. The monoisotopic (exact) mass is 804 g/mol. The van der Waals surface area contributed by atoms with Crippen molar-refractivity contribution in [1.29, 1.82) is 10.7 Å². The smallest absolute Gasteiger partial charge is 0.415 e. The molecule has 2 heterocycles. The maximum Gasteiger partial charge on any atom is 0.415 e. The van der Waals surface area contributed by atoms with Crippen LogP contribution in [0.5, 0.6) is 0 Å². The minimum atomic E-state index is -2.63. The lowest BCUT2D eigenvalue weighted by Crippen LogP contribution is -2.53. The van der Waals surface area contributed by atoms with Gasteiger partial charge in [0.1, 0.15) is 42.9 Å². The van der Waals surface area contributed by atoms with Gasteiger partial charge in [-0.3, -0.25) is 20.3 Å². The second-order valence-electron chi connectivity index (χ2n) is 16.0. The molecular formula is C37H56N6O12Si. The average Bonchev–Trinajstić information content (AvgIpc) is 3.69. The highest BCUT2D eigenvalue weighted by atomic mass is 28.4. The molecule has 0 radical (unpaired) electrons. The van der Waals surface area contributed by atoms with Gasteiger partial charge in [0.25, 0.3) is 0 Å². The fraction of sp³-hybridized carbons (Fsp3) is 0.676. The van der Waals surface area contributed by atoms with Gasteiger partial charge in [-0.1, -0.05) is 33.1 Å².